The van der Waals surface area contributed by atoms with E-state index in [-0.39, 0.29) is 28.9 Å². The van der Waals surface area contributed by atoms with Crippen molar-refractivity contribution >= 4 is 52.2 Å². The molecule has 0 bridgehead atoms. The molecule has 1 aliphatic rings. The van der Waals surface area contributed by atoms with E-state index in [0.717, 1.165) is 37.7 Å². The monoisotopic (exact) mass is 431 g/mol. The first kappa shape index (κ1) is 21.6. The molecular formula is C18H20Cl2FN3O2S. The Morgan fingerprint density at radius 2 is 2.04 bits per heavy atom. The van der Waals surface area contributed by atoms with E-state index in [1.165, 1.54) is 23.5 Å². The van der Waals surface area contributed by atoms with Crippen molar-refractivity contribution in [2.45, 2.75) is 13.3 Å². The number of rotatable bonds is 3. The van der Waals surface area contributed by atoms with E-state index in [1.807, 2.05) is 11.8 Å². The number of carbonyl (C=O) groups excluding carboxylic acids is 2. The van der Waals surface area contributed by atoms with Gasteiger partial charge in [0.15, 0.2) is 0 Å². The Morgan fingerprint density at radius 3 is 2.78 bits per heavy atom. The molecule has 0 unspecified atom stereocenters. The Hall–Kier alpha value is -1.67. The summed E-state index contributed by atoms with van der Waals surface area (Å²) in [4.78, 5) is 27.6. The van der Waals surface area contributed by atoms with Crippen LogP contribution in [-0.2, 0) is 0 Å². The predicted octanol–water partition coefficient (Wildman–Crippen LogP) is 3.96. The van der Waals surface area contributed by atoms with Gasteiger partial charge in [-0.05, 0) is 49.7 Å². The van der Waals surface area contributed by atoms with E-state index in [4.69, 9.17) is 11.6 Å². The van der Waals surface area contributed by atoms with E-state index >= 15 is 0 Å². The van der Waals surface area contributed by atoms with Crippen molar-refractivity contribution in [1.29, 1.82) is 0 Å². The number of thiophene rings is 1. The van der Waals surface area contributed by atoms with Crippen molar-refractivity contribution in [2.24, 2.45) is 0 Å². The summed E-state index contributed by atoms with van der Waals surface area (Å²) in [6.07, 6.45) is 0.919. The lowest BCUT2D eigenvalue weighted by Crippen LogP contribution is -2.34. The molecule has 2 aromatic rings. The van der Waals surface area contributed by atoms with Crippen LogP contribution in [0.4, 0.5) is 9.39 Å². The topological polar surface area (TPSA) is 61.4 Å². The highest BCUT2D eigenvalue weighted by Gasteiger charge is 2.22. The van der Waals surface area contributed by atoms with E-state index in [9.17, 15) is 14.0 Å². The number of hydrogen-bond acceptors (Lipinski definition) is 4. The fourth-order valence-electron chi connectivity index (χ4n) is 2.80. The lowest BCUT2D eigenvalue weighted by molar-refractivity contribution is 0.0770. The summed E-state index contributed by atoms with van der Waals surface area (Å²) >= 11 is 7.17. The van der Waals surface area contributed by atoms with Crippen LogP contribution in [0.25, 0.3) is 0 Å². The maximum Gasteiger partial charge on any atom is 0.264 e. The zero-order valence-corrected chi connectivity index (χ0v) is 17.1. The molecular weight excluding hydrogens is 412 g/mol. The minimum Gasteiger partial charge on any atom is -0.337 e. The molecule has 1 aromatic carbocycles. The van der Waals surface area contributed by atoms with Gasteiger partial charge >= 0.3 is 0 Å². The summed E-state index contributed by atoms with van der Waals surface area (Å²) < 4.78 is 13.1. The fraction of sp³-hybridized carbons (Fsp3) is 0.333. The van der Waals surface area contributed by atoms with Gasteiger partial charge in [0, 0.05) is 19.6 Å². The summed E-state index contributed by atoms with van der Waals surface area (Å²) in [5.41, 5.74) is 1.00. The lowest BCUT2D eigenvalue weighted by Gasteiger charge is -2.19. The number of aryl methyl sites for hydroxylation is 1. The minimum atomic E-state index is -0.502. The van der Waals surface area contributed by atoms with Crippen LogP contribution < -0.4 is 10.6 Å². The first-order valence-electron chi connectivity index (χ1n) is 8.32. The molecule has 2 N–H and O–H groups in total. The van der Waals surface area contributed by atoms with Crippen LogP contribution in [-0.4, -0.2) is 42.9 Å². The van der Waals surface area contributed by atoms with E-state index < -0.39 is 11.7 Å². The number of halogens is 3. The Kier molecular flexibility index (Phi) is 7.61. The van der Waals surface area contributed by atoms with E-state index in [1.54, 1.807) is 6.07 Å². The quantitative estimate of drug-likeness (QED) is 0.772. The Labute approximate surface area is 172 Å². The number of hydrogen-bond donors (Lipinski definition) is 2. The summed E-state index contributed by atoms with van der Waals surface area (Å²) in [5, 5.41) is 6.61. The van der Waals surface area contributed by atoms with Crippen LogP contribution in [0.1, 0.15) is 32.0 Å². The Morgan fingerprint density at radius 1 is 1.26 bits per heavy atom. The number of amides is 2. The first-order chi connectivity index (χ1) is 12.5. The van der Waals surface area contributed by atoms with Crippen LogP contribution in [0.2, 0.25) is 5.02 Å². The number of benzene rings is 1. The maximum atomic E-state index is 13.1. The maximum absolute atomic E-state index is 13.1. The normalized spacial score (nSPS) is 14.3. The largest absolute Gasteiger partial charge is 0.337 e. The van der Waals surface area contributed by atoms with Gasteiger partial charge in [-0.25, -0.2) is 4.39 Å². The Balaban J connectivity index is 0.00000261. The first-order valence-corrected chi connectivity index (χ1v) is 9.52. The second-order valence-corrected chi connectivity index (χ2v) is 7.56. The molecule has 146 valence electrons. The van der Waals surface area contributed by atoms with Crippen LogP contribution in [0.3, 0.4) is 0 Å². The average Bonchev–Trinajstić information content (AvgIpc) is 2.80. The molecule has 0 aliphatic carbocycles. The highest BCUT2D eigenvalue weighted by molar-refractivity contribution is 7.18. The number of carbonyl (C=O) groups is 2. The van der Waals surface area contributed by atoms with Crippen molar-refractivity contribution in [3.8, 4) is 0 Å². The van der Waals surface area contributed by atoms with Crippen LogP contribution in [0.15, 0.2) is 24.3 Å². The molecule has 0 radical (unpaired) electrons. The zero-order valence-electron chi connectivity index (χ0n) is 14.7. The molecule has 2 heterocycles. The van der Waals surface area contributed by atoms with Gasteiger partial charge in [-0.3, -0.25) is 9.59 Å². The van der Waals surface area contributed by atoms with Crippen molar-refractivity contribution in [3.63, 3.8) is 0 Å². The lowest BCUT2D eigenvalue weighted by atomic mass is 10.2. The van der Waals surface area contributed by atoms with Gasteiger partial charge in [-0.2, -0.15) is 0 Å². The Bertz CT molecular complexity index is 836. The summed E-state index contributed by atoms with van der Waals surface area (Å²) in [7, 11) is 0. The zero-order chi connectivity index (χ0) is 18.7. The molecule has 3 rings (SSSR count). The molecule has 0 spiro atoms. The molecule has 9 heteroatoms. The number of nitrogens with one attached hydrogen (secondary N) is 2. The van der Waals surface area contributed by atoms with Crippen LogP contribution in [0.5, 0.6) is 0 Å². The number of nitrogens with zero attached hydrogens (tertiary/aromatic N) is 1. The molecule has 2 amide bonds. The second-order valence-electron chi connectivity index (χ2n) is 6.10. The molecule has 0 saturated carbocycles. The summed E-state index contributed by atoms with van der Waals surface area (Å²) in [5.74, 6) is -0.955. The molecule has 1 aromatic heterocycles. The predicted molar refractivity (Wildman–Crippen MR) is 109 cm³/mol. The second kappa shape index (κ2) is 9.50. The molecule has 1 fully saturated rings. The molecule has 5 nitrogen and oxygen atoms in total. The van der Waals surface area contributed by atoms with E-state index in [0.29, 0.717) is 16.4 Å². The van der Waals surface area contributed by atoms with Gasteiger partial charge in [-0.1, -0.05) is 11.6 Å². The highest BCUT2D eigenvalue weighted by Crippen LogP contribution is 2.29. The van der Waals surface area contributed by atoms with E-state index in [2.05, 4.69) is 10.6 Å². The molecule has 0 atom stereocenters. The number of anilines is 1. The van der Waals surface area contributed by atoms with Crippen molar-refractivity contribution in [2.75, 3.05) is 31.5 Å². The molecule has 1 aliphatic heterocycles. The van der Waals surface area contributed by atoms with Gasteiger partial charge in [0.25, 0.3) is 11.8 Å². The van der Waals surface area contributed by atoms with Crippen molar-refractivity contribution in [1.82, 2.24) is 10.2 Å². The van der Waals surface area contributed by atoms with Crippen molar-refractivity contribution < 1.29 is 14.0 Å². The minimum absolute atomic E-state index is 0. The smallest absolute Gasteiger partial charge is 0.264 e. The van der Waals surface area contributed by atoms with Gasteiger partial charge in [-0.15, -0.1) is 23.7 Å². The standard InChI is InChI=1S/C18H19ClFN3O2S.ClH/c1-11-9-15(22-17(24)13-4-3-12(20)10-14(13)19)26-16(11)18(25)23-7-2-5-21-6-8-23;/h3-4,9-10,21H,2,5-8H2,1H3,(H,22,24);1H. The SMILES string of the molecule is Cc1cc(NC(=O)c2ccc(F)cc2Cl)sc1C(=O)N1CCCNCC1.Cl. The third-order valence-corrected chi connectivity index (χ3v) is 5.61. The third-order valence-electron chi connectivity index (χ3n) is 4.15. The third kappa shape index (κ3) is 5.19. The van der Waals surface area contributed by atoms with Crippen molar-refractivity contribution in [3.05, 3.63) is 51.1 Å². The van der Waals surface area contributed by atoms with Gasteiger partial charge in [0.1, 0.15) is 5.82 Å². The summed E-state index contributed by atoms with van der Waals surface area (Å²) in [6, 6.07) is 5.38. The van der Waals surface area contributed by atoms with Crippen LogP contribution >= 0.6 is 35.3 Å². The summed E-state index contributed by atoms with van der Waals surface area (Å²) in [6.45, 7) is 4.93. The fourth-order valence-corrected chi connectivity index (χ4v) is 4.09. The molecule has 1 saturated heterocycles. The van der Waals surface area contributed by atoms with Crippen LogP contribution in [0, 0.1) is 12.7 Å². The van der Waals surface area contributed by atoms with Gasteiger partial charge < -0.3 is 15.5 Å². The molecule has 27 heavy (non-hydrogen) atoms. The average molecular weight is 432 g/mol. The van der Waals surface area contributed by atoms with Gasteiger partial charge in [0.2, 0.25) is 0 Å². The highest BCUT2D eigenvalue weighted by atomic mass is 35.5. The van der Waals surface area contributed by atoms with Gasteiger partial charge in [0.05, 0.1) is 20.5 Å².